The number of anilines is 1. The fourth-order valence-electron chi connectivity index (χ4n) is 3.11. The maximum absolute atomic E-state index is 12.1. The number of aromatic nitrogens is 1. The Hall–Kier alpha value is -1.61. The van der Waals surface area contributed by atoms with E-state index in [1.807, 2.05) is 34.7 Å². The molecular weight excluding hydrogens is 445 g/mol. The zero-order chi connectivity index (χ0) is 18.9. The van der Waals surface area contributed by atoms with E-state index in [2.05, 4.69) is 47.8 Å². The van der Waals surface area contributed by atoms with Gasteiger partial charge < -0.3 is 14.1 Å². The number of hydrogen-bond acceptors (Lipinski definition) is 6. The lowest BCUT2D eigenvalue weighted by molar-refractivity contribution is 0.0520. The fourth-order valence-corrected chi connectivity index (χ4v) is 3.57. The number of esters is 1. The summed E-state index contributed by atoms with van der Waals surface area (Å²) in [4.78, 5) is 21.1. The lowest BCUT2D eigenvalue weighted by Crippen LogP contribution is -2.57. The van der Waals surface area contributed by atoms with Crippen LogP contribution in [0.3, 0.4) is 0 Å². The van der Waals surface area contributed by atoms with Crippen LogP contribution < -0.4 is 4.90 Å². The average Bonchev–Trinajstić information content (AvgIpc) is 3.00. The Bertz CT molecular complexity index is 786. The van der Waals surface area contributed by atoms with E-state index in [9.17, 15) is 4.79 Å². The predicted octanol–water partition coefficient (Wildman–Crippen LogP) is 3.65. The molecule has 0 aliphatic carbocycles. The molecule has 0 amide bonds. The predicted molar refractivity (Wildman–Crippen MR) is 110 cm³/mol. The minimum Gasteiger partial charge on any atom is -0.461 e. The molecule has 0 bridgehead atoms. The summed E-state index contributed by atoms with van der Waals surface area (Å²) in [6.07, 6.45) is 0. The monoisotopic (exact) mass is 469 g/mol. The van der Waals surface area contributed by atoms with Crippen LogP contribution in [0.15, 0.2) is 28.7 Å². The summed E-state index contributed by atoms with van der Waals surface area (Å²) < 4.78 is 11.2. The third-order valence-electron chi connectivity index (χ3n) is 4.88. The molecule has 1 aromatic carbocycles. The SMILES string of the molecule is CCOC(=O)c1nc(I)oc1-c1ccc(N2CCN(C)C(C)(C)C2)cc1. The Morgan fingerprint density at radius 2 is 2.00 bits per heavy atom. The third kappa shape index (κ3) is 3.88. The molecule has 1 aliphatic heterocycles. The standard InChI is InChI=1S/C19H24IN3O3/c1-5-25-17(24)15-16(26-18(20)21-15)13-6-8-14(9-7-13)23-11-10-22(4)19(2,3)12-23/h6-9H,5,10-12H2,1-4H3. The van der Waals surface area contributed by atoms with E-state index in [4.69, 9.17) is 9.15 Å². The number of likely N-dealkylation sites (N-methyl/N-ethyl adjacent to an activating group) is 1. The van der Waals surface area contributed by atoms with Gasteiger partial charge in [-0.2, -0.15) is 4.98 Å². The largest absolute Gasteiger partial charge is 0.461 e. The second kappa shape index (κ2) is 7.56. The summed E-state index contributed by atoms with van der Waals surface area (Å²) in [6.45, 7) is 9.59. The van der Waals surface area contributed by atoms with Crippen LogP contribution in [0.5, 0.6) is 0 Å². The van der Waals surface area contributed by atoms with Gasteiger partial charge in [0.2, 0.25) is 0 Å². The van der Waals surface area contributed by atoms with Gasteiger partial charge in [0, 0.05) is 59.0 Å². The number of oxazole rings is 1. The molecule has 6 nitrogen and oxygen atoms in total. The van der Waals surface area contributed by atoms with E-state index in [0.29, 0.717) is 16.3 Å². The van der Waals surface area contributed by atoms with Crippen molar-refractivity contribution in [1.29, 1.82) is 0 Å². The van der Waals surface area contributed by atoms with E-state index < -0.39 is 5.97 Å². The third-order valence-corrected chi connectivity index (χ3v) is 5.34. The Kier molecular flexibility index (Phi) is 5.57. The molecule has 0 spiro atoms. The first-order valence-corrected chi connectivity index (χ1v) is 9.80. The number of halogens is 1. The highest BCUT2D eigenvalue weighted by molar-refractivity contribution is 14.1. The molecule has 0 radical (unpaired) electrons. The van der Waals surface area contributed by atoms with Crippen LogP contribution in [-0.4, -0.2) is 54.7 Å². The first-order chi connectivity index (χ1) is 12.3. The van der Waals surface area contributed by atoms with Crippen LogP contribution in [-0.2, 0) is 4.74 Å². The van der Waals surface area contributed by atoms with Crippen molar-refractivity contribution in [2.75, 3.05) is 38.2 Å². The number of carbonyl (C=O) groups is 1. The normalized spacial score (nSPS) is 17.3. The van der Waals surface area contributed by atoms with E-state index in [0.717, 1.165) is 25.2 Å². The van der Waals surface area contributed by atoms with Crippen molar-refractivity contribution in [3.8, 4) is 11.3 Å². The number of rotatable bonds is 4. The van der Waals surface area contributed by atoms with Crippen molar-refractivity contribution in [2.45, 2.75) is 26.3 Å². The van der Waals surface area contributed by atoms with E-state index in [1.165, 1.54) is 5.69 Å². The molecule has 1 saturated heterocycles. The molecule has 0 atom stereocenters. The molecule has 7 heteroatoms. The highest BCUT2D eigenvalue weighted by Crippen LogP contribution is 2.30. The van der Waals surface area contributed by atoms with E-state index in [-0.39, 0.29) is 11.2 Å². The Balaban J connectivity index is 1.84. The maximum Gasteiger partial charge on any atom is 0.361 e. The van der Waals surface area contributed by atoms with Crippen LogP contribution in [0, 0.1) is 3.90 Å². The van der Waals surface area contributed by atoms with Crippen molar-refractivity contribution in [2.24, 2.45) is 0 Å². The molecule has 140 valence electrons. The molecule has 0 unspecified atom stereocenters. The molecule has 1 fully saturated rings. The highest BCUT2D eigenvalue weighted by atomic mass is 127. The number of piperazine rings is 1. The zero-order valence-corrected chi connectivity index (χ0v) is 17.7. The summed E-state index contributed by atoms with van der Waals surface area (Å²) >= 11 is 1.96. The molecule has 1 aromatic heterocycles. The zero-order valence-electron chi connectivity index (χ0n) is 15.6. The van der Waals surface area contributed by atoms with Gasteiger partial charge in [-0.3, -0.25) is 4.90 Å². The van der Waals surface area contributed by atoms with Crippen LogP contribution in [0.25, 0.3) is 11.3 Å². The minimum atomic E-state index is -0.459. The second-order valence-corrected chi connectivity index (χ2v) is 7.99. The second-order valence-electron chi connectivity index (χ2n) is 7.07. The maximum atomic E-state index is 12.1. The smallest absolute Gasteiger partial charge is 0.361 e. The van der Waals surface area contributed by atoms with Gasteiger partial charge in [0.15, 0.2) is 11.5 Å². The molecule has 2 aromatic rings. The van der Waals surface area contributed by atoms with Gasteiger partial charge in [-0.25, -0.2) is 4.79 Å². The number of ether oxygens (including phenoxy) is 1. The highest BCUT2D eigenvalue weighted by Gasteiger charge is 2.31. The summed E-state index contributed by atoms with van der Waals surface area (Å²) in [5.41, 5.74) is 2.35. The molecule has 0 N–H and O–H groups in total. The number of benzene rings is 1. The minimum absolute atomic E-state index is 0.134. The summed E-state index contributed by atoms with van der Waals surface area (Å²) in [6, 6.07) is 8.09. The van der Waals surface area contributed by atoms with Gasteiger partial charge in [0.05, 0.1) is 6.61 Å². The molecule has 26 heavy (non-hydrogen) atoms. The topological polar surface area (TPSA) is 58.8 Å². The molecular formula is C19H24IN3O3. The number of hydrogen-bond donors (Lipinski definition) is 0. The lowest BCUT2D eigenvalue weighted by atomic mass is 9.99. The Morgan fingerprint density at radius 3 is 2.62 bits per heavy atom. The number of carbonyl (C=O) groups excluding carboxylic acids is 1. The van der Waals surface area contributed by atoms with Gasteiger partial charge in [-0.05, 0) is 52.1 Å². The van der Waals surface area contributed by atoms with Crippen molar-refractivity contribution in [3.63, 3.8) is 0 Å². The van der Waals surface area contributed by atoms with Crippen LogP contribution >= 0.6 is 22.6 Å². The molecule has 0 saturated carbocycles. The number of nitrogens with zero attached hydrogens (tertiary/aromatic N) is 3. The van der Waals surface area contributed by atoms with Crippen LogP contribution in [0.4, 0.5) is 5.69 Å². The van der Waals surface area contributed by atoms with Gasteiger partial charge >= 0.3 is 5.97 Å². The van der Waals surface area contributed by atoms with Gasteiger partial charge in [0.1, 0.15) is 0 Å². The van der Waals surface area contributed by atoms with Crippen molar-refractivity contribution >= 4 is 34.2 Å². The lowest BCUT2D eigenvalue weighted by Gasteiger charge is -2.46. The summed E-state index contributed by atoms with van der Waals surface area (Å²) in [5, 5.41) is 0. The van der Waals surface area contributed by atoms with Gasteiger partial charge in [0.25, 0.3) is 3.90 Å². The van der Waals surface area contributed by atoms with Crippen molar-refractivity contribution in [1.82, 2.24) is 9.88 Å². The van der Waals surface area contributed by atoms with Crippen molar-refractivity contribution < 1.29 is 13.9 Å². The summed E-state index contributed by atoms with van der Waals surface area (Å²) in [7, 11) is 2.17. The van der Waals surface area contributed by atoms with Gasteiger partial charge in [-0.15, -0.1) is 0 Å². The van der Waals surface area contributed by atoms with Crippen LogP contribution in [0.1, 0.15) is 31.3 Å². The first-order valence-electron chi connectivity index (χ1n) is 8.72. The Morgan fingerprint density at radius 1 is 1.31 bits per heavy atom. The first kappa shape index (κ1) is 19.2. The molecule has 2 heterocycles. The quantitative estimate of drug-likeness (QED) is 0.504. The fraction of sp³-hybridized carbons (Fsp3) is 0.474. The van der Waals surface area contributed by atoms with Crippen LogP contribution in [0.2, 0.25) is 0 Å². The molecule has 1 aliphatic rings. The average molecular weight is 469 g/mol. The van der Waals surface area contributed by atoms with Crippen molar-refractivity contribution in [3.05, 3.63) is 33.9 Å². The van der Waals surface area contributed by atoms with Gasteiger partial charge in [-0.1, -0.05) is 0 Å². The van der Waals surface area contributed by atoms with E-state index in [1.54, 1.807) is 6.92 Å². The summed E-state index contributed by atoms with van der Waals surface area (Å²) in [5.74, 6) is -0.00262. The van der Waals surface area contributed by atoms with E-state index >= 15 is 0 Å². The Labute approximate surface area is 167 Å². The molecule has 3 rings (SSSR count).